The Hall–Kier alpha value is -0.590. The van der Waals surface area contributed by atoms with Gasteiger partial charge in [-0.15, -0.1) is 0 Å². The third kappa shape index (κ3) is 3.49. The van der Waals surface area contributed by atoms with Crippen molar-refractivity contribution in [1.82, 2.24) is 14.9 Å². The number of nitrogens with one attached hydrogen (secondary N) is 1. The second-order valence-corrected chi connectivity index (χ2v) is 8.14. The van der Waals surface area contributed by atoms with E-state index in [4.69, 9.17) is 0 Å². The molecule has 1 aliphatic heterocycles. The molecule has 2 heterocycles. The van der Waals surface area contributed by atoms with Crippen LogP contribution in [0.3, 0.4) is 0 Å². The maximum absolute atomic E-state index is 13.0. The van der Waals surface area contributed by atoms with Gasteiger partial charge in [-0.25, -0.2) is 4.98 Å². The van der Waals surface area contributed by atoms with Crippen molar-refractivity contribution in [3.8, 4) is 0 Å². The van der Waals surface area contributed by atoms with Crippen LogP contribution in [-0.2, 0) is 4.79 Å². The Morgan fingerprint density at radius 2 is 2.00 bits per heavy atom. The number of aromatic amines is 1. The van der Waals surface area contributed by atoms with Gasteiger partial charge in [-0.3, -0.25) is 4.79 Å². The van der Waals surface area contributed by atoms with Crippen LogP contribution in [-0.4, -0.2) is 31.2 Å². The van der Waals surface area contributed by atoms with Crippen molar-refractivity contribution in [2.24, 2.45) is 5.92 Å². The summed E-state index contributed by atoms with van der Waals surface area (Å²) in [4.78, 5) is 22.9. The molecule has 4 nitrogen and oxygen atoms in total. The monoisotopic (exact) mass is 415 g/mol. The SMILES string of the molecule is Cc1cnc([C@@H]2CCCN2C(=O)[C@H](I)C2CCCCCC2)[nH]1. The molecule has 1 saturated heterocycles. The van der Waals surface area contributed by atoms with Gasteiger partial charge in [0.25, 0.3) is 0 Å². The molecule has 5 heteroatoms. The highest BCUT2D eigenvalue weighted by molar-refractivity contribution is 14.1. The van der Waals surface area contributed by atoms with Crippen LogP contribution < -0.4 is 0 Å². The lowest BCUT2D eigenvalue weighted by Gasteiger charge is -2.29. The number of imidazole rings is 1. The van der Waals surface area contributed by atoms with Gasteiger partial charge in [0.2, 0.25) is 5.91 Å². The maximum Gasteiger partial charge on any atom is 0.236 e. The topological polar surface area (TPSA) is 49.0 Å². The van der Waals surface area contributed by atoms with Crippen LogP contribution in [0.15, 0.2) is 6.20 Å². The van der Waals surface area contributed by atoms with Gasteiger partial charge in [0.05, 0.1) is 9.97 Å². The number of likely N-dealkylation sites (tertiary alicyclic amines) is 1. The first-order valence-electron chi connectivity index (χ1n) is 8.63. The average molecular weight is 415 g/mol. The van der Waals surface area contributed by atoms with E-state index < -0.39 is 0 Å². The molecule has 2 atom stereocenters. The summed E-state index contributed by atoms with van der Waals surface area (Å²) in [6.45, 7) is 2.90. The van der Waals surface area contributed by atoms with Gasteiger partial charge in [-0.05, 0) is 38.5 Å². The summed E-state index contributed by atoms with van der Waals surface area (Å²) >= 11 is 2.41. The molecule has 0 bridgehead atoms. The van der Waals surface area contributed by atoms with E-state index in [0.29, 0.717) is 11.8 Å². The highest BCUT2D eigenvalue weighted by Crippen LogP contribution is 2.35. The molecule has 22 heavy (non-hydrogen) atoms. The first-order valence-corrected chi connectivity index (χ1v) is 9.87. The first-order chi connectivity index (χ1) is 10.7. The Bertz CT molecular complexity index is 508. The third-order valence-electron chi connectivity index (χ3n) is 5.12. The number of alkyl halides is 1. The van der Waals surface area contributed by atoms with Crippen LogP contribution in [0.2, 0.25) is 0 Å². The number of aromatic nitrogens is 2. The second-order valence-electron chi connectivity index (χ2n) is 6.79. The summed E-state index contributed by atoms with van der Waals surface area (Å²) in [6, 6.07) is 0.157. The van der Waals surface area contributed by atoms with Crippen LogP contribution in [0.25, 0.3) is 0 Å². The minimum Gasteiger partial charge on any atom is -0.344 e. The van der Waals surface area contributed by atoms with Crippen molar-refractivity contribution >= 4 is 28.5 Å². The van der Waals surface area contributed by atoms with E-state index in [2.05, 4.69) is 37.5 Å². The van der Waals surface area contributed by atoms with Gasteiger partial charge in [0.1, 0.15) is 5.82 Å². The minimum atomic E-state index is 0.132. The van der Waals surface area contributed by atoms with E-state index in [9.17, 15) is 4.79 Å². The quantitative estimate of drug-likeness (QED) is 0.458. The van der Waals surface area contributed by atoms with Gasteiger partial charge < -0.3 is 9.88 Å². The van der Waals surface area contributed by atoms with E-state index in [1.807, 2.05) is 13.1 Å². The van der Waals surface area contributed by atoms with Crippen LogP contribution in [0, 0.1) is 12.8 Å². The molecule has 2 fully saturated rings. The molecule has 0 radical (unpaired) electrons. The number of hydrogen-bond acceptors (Lipinski definition) is 2. The van der Waals surface area contributed by atoms with E-state index in [-0.39, 0.29) is 9.97 Å². The number of nitrogens with zero attached hydrogens (tertiary/aromatic N) is 2. The molecule has 122 valence electrons. The lowest BCUT2D eigenvalue weighted by molar-refractivity contribution is -0.132. The van der Waals surface area contributed by atoms with Gasteiger partial charge in [-0.1, -0.05) is 48.3 Å². The Balaban J connectivity index is 1.69. The zero-order chi connectivity index (χ0) is 15.5. The molecule has 1 N–H and O–H groups in total. The van der Waals surface area contributed by atoms with E-state index in [1.54, 1.807) is 0 Å². The fourth-order valence-electron chi connectivity index (χ4n) is 3.88. The van der Waals surface area contributed by atoms with Crippen molar-refractivity contribution in [2.45, 2.75) is 68.3 Å². The molecule has 0 unspecified atom stereocenters. The number of halogens is 1. The fraction of sp³-hybridized carbons (Fsp3) is 0.765. The van der Waals surface area contributed by atoms with Crippen LogP contribution in [0.5, 0.6) is 0 Å². The van der Waals surface area contributed by atoms with E-state index >= 15 is 0 Å². The maximum atomic E-state index is 13.0. The molecule has 2 aliphatic rings. The lowest BCUT2D eigenvalue weighted by atomic mass is 9.95. The van der Waals surface area contributed by atoms with Gasteiger partial charge in [0.15, 0.2) is 0 Å². The van der Waals surface area contributed by atoms with Crippen LogP contribution in [0.4, 0.5) is 0 Å². The van der Waals surface area contributed by atoms with Crippen molar-refractivity contribution in [3.05, 3.63) is 17.7 Å². The Kier molecular flexibility index (Phi) is 5.42. The summed E-state index contributed by atoms with van der Waals surface area (Å²) in [6.07, 6.45) is 11.7. The molecule has 0 spiro atoms. The number of rotatable bonds is 3. The molecule has 1 saturated carbocycles. The number of amides is 1. The zero-order valence-electron chi connectivity index (χ0n) is 13.4. The summed E-state index contributed by atoms with van der Waals surface area (Å²) in [5.74, 6) is 1.87. The molecule has 1 aromatic heterocycles. The lowest BCUT2D eigenvalue weighted by Crippen LogP contribution is -2.39. The third-order valence-corrected chi connectivity index (χ3v) is 6.67. The average Bonchev–Trinajstić information content (AvgIpc) is 3.07. The predicted molar refractivity (Wildman–Crippen MR) is 96.0 cm³/mol. The van der Waals surface area contributed by atoms with Gasteiger partial charge in [0, 0.05) is 18.4 Å². The largest absolute Gasteiger partial charge is 0.344 e. The van der Waals surface area contributed by atoms with E-state index in [1.165, 1.54) is 38.5 Å². The smallest absolute Gasteiger partial charge is 0.236 e. The minimum absolute atomic E-state index is 0.132. The van der Waals surface area contributed by atoms with Crippen LogP contribution >= 0.6 is 22.6 Å². The molecule has 3 rings (SSSR count). The highest BCUT2D eigenvalue weighted by Gasteiger charge is 2.37. The number of hydrogen-bond donors (Lipinski definition) is 1. The van der Waals surface area contributed by atoms with Crippen LogP contribution in [0.1, 0.15) is 68.9 Å². The molecular formula is C17H26IN3O. The number of H-pyrrole nitrogens is 1. The molecule has 1 amide bonds. The fourth-order valence-corrected chi connectivity index (χ4v) is 4.96. The van der Waals surface area contributed by atoms with Gasteiger partial charge >= 0.3 is 0 Å². The Morgan fingerprint density at radius 1 is 1.27 bits per heavy atom. The zero-order valence-corrected chi connectivity index (χ0v) is 15.5. The summed E-state index contributed by atoms with van der Waals surface area (Å²) in [7, 11) is 0. The molecule has 1 aliphatic carbocycles. The van der Waals surface area contributed by atoms with Gasteiger partial charge in [-0.2, -0.15) is 0 Å². The summed E-state index contributed by atoms with van der Waals surface area (Å²) in [5.41, 5.74) is 1.07. The summed E-state index contributed by atoms with van der Waals surface area (Å²) in [5, 5.41) is 0. The highest BCUT2D eigenvalue weighted by atomic mass is 127. The molecule has 1 aromatic rings. The standard InChI is InChI=1S/C17H26IN3O/c1-12-11-19-16(20-12)14-9-6-10-21(14)17(22)15(18)13-7-4-2-3-5-8-13/h11,13-15H,2-10H2,1H3,(H,19,20)/t14-,15+/m0/s1. The van der Waals surface area contributed by atoms with Crippen molar-refractivity contribution in [2.75, 3.05) is 6.54 Å². The normalized spacial score (nSPS) is 25.2. The second kappa shape index (κ2) is 7.32. The number of carbonyl (C=O) groups is 1. The summed E-state index contributed by atoms with van der Waals surface area (Å²) < 4.78 is 0.132. The Morgan fingerprint density at radius 3 is 2.64 bits per heavy atom. The first kappa shape index (κ1) is 16.3. The number of aryl methyl sites for hydroxylation is 1. The molecular weight excluding hydrogens is 389 g/mol. The number of carbonyl (C=O) groups excluding carboxylic acids is 1. The van der Waals surface area contributed by atoms with Crippen molar-refractivity contribution in [3.63, 3.8) is 0 Å². The van der Waals surface area contributed by atoms with Crippen molar-refractivity contribution in [1.29, 1.82) is 0 Å². The van der Waals surface area contributed by atoms with E-state index in [0.717, 1.165) is 30.9 Å². The Labute approximate surface area is 146 Å². The molecule has 0 aromatic carbocycles. The predicted octanol–water partition coefficient (Wildman–Crippen LogP) is 4.16. The van der Waals surface area contributed by atoms with Crippen molar-refractivity contribution < 1.29 is 4.79 Å².